The zero-order chi connectivity index (χ0) is 17.9. The molecule has 0 fully saturated rings. The van der Waals surface area contributed by atoms with Crippen LogP contribution in [0.25, 0.3) is 10.3 Å². The Morgan fingerprint density at radius 1 is 0.962 bits per heavy atom. The first-order chi connectivity index (χ1) is 12.7. The second-order valence-electron chi connectivity index (χ2n) is 5.74. The van der Waals surface area contributed by atoms with Gasteiger partial charge in [0.1, 0.15) is 23.3 Å². The van der Waals surface area contributed by atoms with Crippen molar-refractivity contribution in [3.05, 3.63) is 76.0 Å². The highest BCUT2D eigenvalue weighted by molar-refractivity contribution is 7.18. The molecule has 2 heterocycles. The van der Waals surface area contributed by atoms with Gasteiger partial charge >= 0.3 is 0 Å². The van der Waals surface area contributed by atoms with Gasteiger partial charge in [0.15, 0.2) is 5.82 Å². The molecule has 0 aliphatic rings. The molecule has 0 unspecified atom stereocenters. The second kappa shape index (κ2) is 7.35. The van der Waals surface area contributed by atoms with Crippen molar-refractivity contribution < 1.29 is 4.39 Å². The molecule has 2 aromatic carbocycles. The lowest BCUT2D eigenvalue weighted by molar-refractivity contribution is 0.485. The van der Waals surface area contributed by atoms with E-state index in [1.54, 1.807) is 23.5 Å². The molecule has 0 aliphatic carbocycles. The zero-order valence-corrected chi connectivity index (χ0v) is 15.2. The number of rotatable bonds is 5. The monoisotopic (exact) mass is 384 g/mol. The molecule has 7 heteroatoms. The van der Waals surface area contributed by atoms with E-state index in [1.807, 2.05) is 36.4 Å². The highest BCUT2D eigenvalue weighted by Gasteiger charge is 2.11. The van der Waals surface area contributed by atoms with Crippen molar-refractivity contribution in [2.45, 2.75) is 13.1 Å². The summed E-state index contributed by atoms with van der Waals surface area (Å²) in [4.78, 5) is 14.2. The fourth-order valence-electron chi connectivity index (χ4n) is 2.56. The van der Waals surface area contributed by atoms with Gasteiger partial charge in [0.05, 0.1) is 5.01 Å². The Morgan fingerprint density at radius 3 is 2.42 bits per heavy atom. The summed E-state index contributed by atoms with van der Waals surface area (Å²) in [5.74, 6) is 0.640. The van der Waals surface area contributed by atoms with E-state index in [0.717, 1.165) is 26.6 Å². The van der Waals surface area contributed by atoms with Crippen LogP contribution in [0.3, 0.4) is 0 Å². The molecule has 2 aromatic heterocycles. The van der Waals surface area contributed by atoms with Crippen LogP contribution in [0.4, 0.5) is 15.9 Å². The minimum Gasteiger partial charge on any atom is -0.338 e. The van der Waals surface area contributed by atoms with Crippen molar-refractivity contribution in [1.82, 2.24) is 15.0 Å². The minimum absolute atomic E-state index is 0.474. The number of thiazole rings is 1. The summed E-state index contributed by atoms with van der Waals surface area (Å²) in [6.07, 6.45) is 2.23. The molecule has 26 heavy (non-hydrogen) atoms. The third kappa shape index (κ3) is 3.66. The third-order valence-corrected chi connectivity index (χ3v) is 5.09. The number of hydrogen-bond donors (Lipinski definition) is 1. The molecule has 0 saturated heterocycles. The van der Waals surface area contributed by atoms with Gasteiger partial charge < -0.3 is 5.32 Å². The van der Waals surface area contributed by atoms with Gasteiger partial charge in [0, 0.05) is 17.1 Å². The molecule has 0 saturated carbocycles. The average Bonchev–Trinajstić information content (AvgIpc) is 3.08. The fourth-order valence-corrected chi connectivity index (χ4v) is 3.62. The quantitative estimate of drug-likeness (QED) is 0.490. The molecule has 1 N–H and O–H groups in total. The number of alkyl halides is 1. The Morgan fingerprint density at radius 2 is 1.69 bits per heavy atom. The van der Waals surface area contributed by atoms with Gasteiger partial charge in [-0.1, -0.05) is 47.2 Å². The van der Waals surface area contributed by atoms with Gasteiger partial charge in [-0.25, -0.2) is 19.3 Å². The van der Waals surface area contributed by atoms with Crippen LogP contribution in [0.15, 0.2) is 54.9 Å². The Kier molecular flexibility index (Phi) is 4.77. The van der Waals surface area contributed by atoms with Crippen molar-refractivity contribution in [1.29, 1.82) is 0 Å². The number of hydrogen-bond acceptors (Lipinski definition) is 5. The average molecular weight is 385 g/mol. The van der Waals surface area contributed by atoms with Crippen LogP contribution < -0.4 is 5.32 Å². The van der Waals surface area contributed by atoms with E-state index in [-0.39, 0.29) is 0 Å². The van der Waals surface area contributed by atoms with Crippen LogP contribution in [0.1, 0.15) is 16.1 Å². The van der Waals surface area contributed by atoms with E-state index in [1.165, 1.54) is 6.33 Å². The number of aromatic nitrogens is 3. The van der Waals surface area contributed by atoms with E-state index in [2.05, 4.69) is 15.3 Å². The maximum atomic E-state index is 12.6. The van der Waals surface area contributed by atoms with Crippen LogP contribution in [-0.4, -0.2) is 15.0 Å². The first kappa shape index (κ1) is 16.9. The Balaban J connectivity index is 1.61. The van der Waals surface area contributed by atoms with E-state index in [9.17, 15) is 4.39 Å². The van der Waals surface area contributed by atoms with Gasteiger partial charge in [-0.2, -0.15) is 0 Å². The molecule has 0 aliphatic heterocycles. The van der Waals surface area contributed by atoms with Crippen molar-refractivity contribution in [2.75, 3.05) is 5.32 Å². The Bertz CT molecular complexity index is 1030. The highest BCUT2D eigenvalue weighted by atomic mass is 35.5. The summed E-state index contributed by atoms with van der Waals surface area (Å²) in [5, 5.41) is 4.91. The van der Waals surface area contributed by atoms with Crippen LogP contribution >= 0.6 is 22.9 Å². The summed E-state index contributed by atoms with van der Waals surface area (Å²) in [7, 11) is 0. The summed E-state index contributed by atoms with van der Waals surface area (Å²) in [5.41, 5.74) is 3.34. The molecule has 4 rings (SSSR count). The maximum absolute atomic E-state index is 12.6. The van der Waals surface area contributed by atoms with Crippen molar-refractivity contribution in [3.8, 4) is 0 Å². The SMILES string of the molecule is FCc1ccc(Nc2ncnc3sc(Cc4ccc(Cl)cc4)nc23)cc1. The Hall–Kier alpha value is -2.57. The summed E-state index contributed by atoms with van der Waals surface area (Å²) >= 11 is 7.48. The molecule has 4 nitrogen and oxygen atoms in total. The molecular formula is C19H14ClFN4S. The molecule has 0 bridgehead atoms. The predicted octanol–water partition coefficient (Wildman–Crippen LogP) is 5.54. The zero-order valence-electron chi connectivity index (χ0n) is 13.6. The first-order valence-electron chi connectivity index (χ1n) is 7.98. The number of nitrogens with zero attached hydrogens (tertiary/aromatic N) is 3. The second-order valence-corrected chi connectivity index (χ2v) is 7.24. The van der Waals surface area contributed by atoms with Crippen LogP contribution in [-0.2, 0) is 13.1 Å². The molecule has 0 amide bonds. The Labute approximate surface area is 158 Å². The van der Waals surface area contributed by atoms with Gasteiger partial charge in [-0.15, -0.1) is 0 Å². The lowest BCUT2D eigenvalue weighted by Gasteiger charge is -2.06. The van der Waals surface area contributed by atoms with Crippen LogP contribution in [0, 0.1) is 0 Å². The summed E-state index contributed by atoms with van der Waals surface area (Å²) < 4.78 is 12.6. The van der Waals surface area contributed by atoms with Crippen LogP contribution in [0.5, 0.6) is 0 Å². The number of fused-ring (bicyclic) bond motifs is 1. The number of anilines is 2. The molecule has 0 radical (unpaired) electrons. The van der Waals surface area contributed by atoms with E-state index in [0.29, 0.717) is 22.8 Å². The highest BCUT2D eigenvalue weighted by Crippen LogP contribution is 2.28. The number of halogens is 2. The maximum Gasteiger partial charge on any atom is 0.161 e. The lowest BCUT2D eigenvalue weighted by atomic mass is 10.2. The predicted molar refractivity (Wildman–Crippen MR) is 104 cm³/mol. The topological polar surface area (TPSA) is 50.7 Å². The van der Waals surface area contributed by atoms with Gasteiger partial charge in [-0.3, -0.25) is 0 Å². The smallest absolute Gasteiger partial charge is 0.161 e. The summed E-state index contributed by atoms with van der Waals surface area (Å²) in [6.45, 7) is -0.474. The third-order valence-electron chi connectivity index (χ3n) is 3.88. The van der Waals surface area contributed by atoms with E-state index < -0.39 is 6.67 Å². The minimum atomic E-state index is -0.474. The first-order valence-corrected chi connectivity index (χ1v) is 9.17. The number of nitrogens with one attached hydrogen (secondary N) is 1. The molecule has 4 aromatic rings. The van der Waals surface area contributed by atoms with Gasteiger partial charge in [-0.05, 0) is 35.4 Å². The molecule has 0 atom stereocenters. The largest absolute Gasteiger partial charge is 0.338 e. The van der Waals surface area contributed by atoms with Crippen molar-refractivity contribution in [2.24, 2.45) is 0 Å². The van der Waals surface area contributed by atoms with Crippen LogP contribution in [0.2, 0.25) is 5.02 Å². The van der Waals surface area contributed by atoms with Gasteiger partial charge in [0.2, 0.25) is 0 Å². The normalized spacial score (nSPS) is 11.0. The molecule has 0 spiro atoms. The standard InChI is InChI=1S/C19H14ClFN4S/c20-14-5-1-12(2-6-14)9-16-25-17-18(22-11-23-19(17)26-16)24-15-7-3-13(10-21)4-8-15/h1-8,11H,9-10H2,(H,22,23,24). The van der Waals surface area contributed by atoms with Crippen molar-refractivity contribution in [3.63, 3.8) is 0 Å². The fraction of sp³-hybridized carbons (Fsp3) is 0.105. The number of benzene rings is 2. The van der Waals surface area contributed by atoms with E-state index in [4.69, 9.17) is 16.6 Å². The van der Waals surface area contributed by atoms with Gasteiger partial charge in [0.25, 0.3) is 0 Å². The molecule has 130 valence electrons. The van der Waals surface area contributed by atoms with E-state index >= 15 is 0 Å². The molecular weight excluding hydrogens is 371 g/mol. The lowest BCUT2D eigenvalue weighted by Crippen LogP contribution is -1.96. The van der Waals surface area contributed by atoms with Crippen molar-refractivity contribution >= 4 is 44.8 Å². The summed E-state index contributed by atoms with van der Waals surface area (Å²) in [6, 6.07) is 14.9.